The maximum absolute atomic E-state index is 11.2. The van der Waals surface area contributed by atoms with Crippen molar-refractivity contribution in [2.24, 2.45) is 0 Å². The van der Waals surface area contributed by atoms with Crippen LogP contribution in [0.25, 0.3) is 0 Å². The summed E-state index contributed by atoms with van der Waals surface area (Å²) in [6.45, 7) is 7.74. The molecular formula is C27H36O6. The van der Waals surface area contributed by atoms with Gasteiger partial charge in [-0.2, -0.15) is 0 Å². The van der Waals surface area contributed by atoms with Gasteiger partial charge < -0.3 is 19.7 Å². The Morgan fingerprint density at radius 3 is 1.36 bits per heavy atom. The molecule has 0 bridgehead atoms. The van der Waals surface area contributed by atoms with Crippen LogP contribution in [0.2, 0.25) is 0 Å². The van der Waals surface area contributed by atoms with E-state index in [1.807, 2.05) is 24.3 Å². The third kappa shape index (κ3) is 8.30. The predicted octanol–water partition coefficient (Wildman–Crippen LogP) is 3.73. The number of hydrogen-bond acceptors (Lipinski definition) is 6. The molecule has 180 valence electrons. The maximum Gasteiger partial charge on any atom is 0.305 e. The van der Waals surface area contributed by atoms with Crippen molar-refractivity contribution < 1.29 is 29.3 Å². The summed E-state index contributed by atoms with van der Waals surface area (Å²) in [6.07, 6.45) is -0.0239. The van der Waals surface area contributed by atoms with Gasteiger partial charge in [0.2, 0.25) is 0 Å². The molecule has 0 spiro atoms. The number of ether oxygens (including phenoxy) is 2. The number of carbonyl (C=O) groups is 2. The highest BCUT2D eigenvalue weighted by atomic mass is 16.5. The Morgan fingerprint density at radius 2 is 1.06 bits per heavy atom. The second-order valence-electron chi connectivity index (χ2n) is 8.81. The number of rotatable bonds is 12. The Hall–Kier alpha value is -2.70. The lowest BCUT2D eigenvalue weighted by Gasteiger charge is -2.27. The molecule has 2 unspecified atom stereocenters. The molecule has 0 saturated carbocycles. The van der Waals surface area contributed by atoms with Crippen molar-refractivity contribution in [2.45, 2.75) is 71.0 Å². The number of benzene rings is 2. The summed E-state index contributed by atoms with van der Waals surface area (Å²) in [5, 5.41) is 20.2. The maximum atomic E-state index is 11.2. The second-order valence-corrected chi connectivity index (χ2v) is 8.81. The Balaban J connectivity index is 1.97. The molecule has 33 heavy (non-hydrogen) atoms. The number of hydrogen-bond donors (Lipinski definition) is 2. The van der Waals surface area contributed by atoms with Gasteiger partial charge in [0, 0.05) is 31.1 Å². The lowest BCUT2D eigenvalue weighted by molar-refractivity contribution is -0.147. The zero-order valence-corrected chi connectivity index (χ0v) is 20.0. The zero-order chi connectivity index (χ0) is 24.4. The monoisotopic (exact) mass is 456 g/mol. The van der Waals surface area contributed by atoms with E-state index in [1.165, 1.54) is 0 Å². The molecule has 2 aromatic carbocycles. The molecule has 0 amide bonds. The Bertz CT molecular complexity index is 812. The van der Waals surface area contributed by atoms with Crippen molar-refractivity contribution in [2.75, 3.05) is 13.2 Å². The van der Waals surface area contributed by atoms with E-state index in [1.54, 1.807) is 13.8 Å². The van der Waals surface area contributed by atoms with Crippen LogP contribution in [-0.4, -0.2) is 47.6 Å². The summed E-state index contributed by atoms with van der Waals surface area (Å²) < 4.78 is 9.99. The minimum absolute atomic E-state index is 0.00198. The first-order valence-electron chi connectivity index (χ1n) is 11.5. The first-order valence-corrected chi connectivity index (χ1v) is 11.5. The Morgan fingerprint density at radius 1 is 0.727 bits per heavy atom. The van der Waals surface area contributed by atoms with Crippen LogP contribution in [-0.2, 0) is 37.3 Å². The molecule has 0 aromatic heterocycles. The standard InChI is InChI=1S/C27H36O6/c1-5-25(30)32-17-23(28)15-19-7-11-21(12-8-19)27(3,4)22-13-9-20(10-14-22)16-24(29)18-33-26(31)6-2/h7-14,23-24,28-29H,5-6,15-18H2,1-4H3. The number of aliphatic hydroxyl groups is 2. The van der Waals surface area contributed by atoms with E-state index in [9.17, 15) is 19.8 Å². The van der Waals surface area contributed by atoms with Gasteiger partial charge in [0.05, 0.1) is 12.2 Å². The van der Waals surface area contributed by atoms with Crippen molar-refractivity contribution in [3.8, 4) is 0 Å². The third-order valence-electron chi connectivity index (χ3n) is 5.74. The average Bonchev–Trinajstić information content (AvgIpc) is 2.81. The number of esters is 2. The minimum atomic E-state index is -0.729. The molecule has 2 atom stereocenters. The van der Waals surface area contributed by atoms with Gasteiger partial charge in [-0.15, -0.1) is 0 Å². The van der Waals surface area contributed by atoms with Crippen molar-refractivity contribution in [1.82, 2.24) is 0 Å². The highest BCUT2D eigenvalue weighted by Gasteiger charge is 2.23. The molecule has 0 aliphatic carbocycles. The molecule has 2 rings (SSSR count). The Labute approximate surface area is 196 Å². The molecule has 0 aliphatic rings. The molecule has 0 aliphatic heterocycles. The quantitative estimate of drug-likeness (QED) is 0.473. The topological polar surface area (TPSA) is 93.1 Å². The molecule has 0 saturated heterocycles. The first kappa shape index (κ1) is 26.6. The van der Waals surface area contributed by atoms with E-state index >= 15 is 0 Å². The van der Waals surface area contributed by atoms with Crippen LogP contribution in [0.3, 0.4) is 0 Å². The van der Waals surface area contributed by atoms with Gasteiger partial charge in [0.15, 0.2) is 0 Å². The van der Waals surface area contributed by atoms with Crippen LogP contribution in [0.15, 0.2) is 48.5 Å². The summed E-state index contributed by atoms with van der Waals surface area (Å²) in [4.78, 5) is 22.5. The van der Waals surface area contributed by atoms with Crippen LogP contribution in [0.1, 0.15) is 62.8 Å². The summed E-state index contributed by atoms with van der Waals surface area (Å²) in [6, 6.07) is 16.2. The molecule has 2 N–H and O–H groups in total. The van der Waals surface area contributed by atoms with Gasteiger partial charge in [-0.1, -0.05) is 76.2 Å². The first-order chi connectivity index (χ1) is 15.6. The molecule has 6 heteroatoms. The highest BCUT2D eigenvalue weighted by molar-refractivity contribution is 5.69. The zero-order valence-electron chi connectivity index (χ0n) is 20.0. The van der Waals surface area contributed by atoms with Crippen LogP contribution >= 0.6 is 0 Å². The van der Waals surface area contributed by atoms with Crippen LogP contribution in [0.4, 0.5) is 0 Å². The second kappa shape index (κ2) is 12.5. The summed E-state index contributed by atoms with van der Waals surface area (Å²) in [5.74, 6) is -0.627. The molecule has 0 radical (unpaired) electrons. The average molecular weight is 457 g/mol. The normalized spacial score (nSPS) is 13.3. The van der Waals surface area contributed by atoms with Crippen molar-refractivity contribution in [1.29, 1.82) is 0 Å². The predicted molar refractivity (Wildman–Crippen MR) is 127 cm³/mol. The van der Waals surface area contributed by atoms with Crippen LogP contribution in [0, 0.1) is 0 Å². The lowest BCUT2D eigenvalue weighted by Crippen LogP contribution is -2.22. The third-order valence-corrected chi connectivity index (χ3v) is 5.74. The highest BCUT2D eigenvalue weighted by Crippen LogP contribution is 2.32. The van der Waals surface area contributed by atoms with E-state index < -0.39 is 12.2 Å². The van der Waals surface area contributed by atoms with Crippen molar-refractivity contribution in [3.05, 3.63) is 70.8 Å². The fourth-order valence-corrected chi connectivity index (χ4v) is 3.53. The smallest absolute Gasteiger partial charge is 0.305 e. The summed E-state index contributed by atoms with van der Waals surface area (Å²) in [5.41, 5.74) is 3.99. The molecular weight excluding hydrogens is 420 g/mol. The number of carbonyl (C=O) groups excluding carboxylic acids is 2. The molecule has 6 nitrogen and oxygen atoms in total. The van der Waals surface area contributed by atoms with Gasteiger partial charge in [-0.25, -0.2) is 0 Å². The summed E-state index contributed by atoms with van der Waals surface area (Å²) >= 11 is 0. The van der Waals surface area contributed by atoms with Crippen LogP contribution < -0.4 is 0 Å². The molecule has 2 aromatic rings. The fraction of sp³-hybridized carbons (Fsp3) is 0.481. The fourth-order valence-electron chi connectivity index (χ4n) is 3.53. The van der Waals surface area contributed by atoms with Crippen molar-refractivity contribution in [3.63, 3.8) is 0 Å². The van der Waals surface area contributed by atoms with Gasteiger partial charge >= 0.3 is 11.9 Å². The Kier molecular flexibility index (Phi) is 10.1. The van der Waals surface area contributed by atoms with Crippen molar-refractivity contribution >= 4 is 11.9 Å². The van der Waals surface area contributed by atoms with Gasteiger partial charge in [0.25, 0.3) is 0 Å². The van der Waals surface area contributed by atoms with Gasteiger partial charge in [-0.05, 0) is 22.3 Å². The largest absolute Gasteiger partial charge is 0.463 e. The molecule has 0 heterocycles. The van der Waals surface area contributed by atoms with E-state index in [-0.39, 0.29) is 30.6 Å². The van der Waals surface area contributed by atoms with Crippen LogP contribution in [0.5, 0.6) is 0 Å². The molecule has 0 fully saturated rings. The van der Waals surface area contributed by atoms with E-state index in [0.717, 1.165) is 22.3 Å². The summed E-state index contributed by atoms with van der Waals surface area (Å²) in [7, 11) is 0. The van der Waals surface area contributed by atoms with E-state index in [2.05, 4.69) is 38.1 Å². The number of aliphatic hydroxyl groups excluding tert-OH is 2. The van der Waals surface area contributed by atoms with Gasteiger partial charge in [0.1, 0.15) is 13.2 Å². The minimum Gasteiger partial charge on any atom is -0.463 e. The SMILES string of the molecule is CCC(=O)OCC(O)Cc1ccc(C(C)(C)c2ccc(CC(O)COC(=O)CC)cc2)cc1. The van der Waals surface area contributed by atoms with E-state index in [4.69, 9.17) is 9.47 Å². The lowest BCUT2D eigenvalue weighted by atomic mass is 9.77. The van der Waals surface area contributed by atoms with Gasteiger partial charge in [-0.3, -0.25) is 9.59 Å². The van der Waals surface area contributed by atoms with E-state index in [0.29, 0.717) is 25.7 Å².